The van der Waals surface area contributed by atoms with Gasteiger partial charge in [0.2, 0.25) is 0 Å². The Balaban J connectivity index is 2.34. The van der Waals surface area contributed by atoms with Gasteiger partial charge in [0, 0.05) is 23.7 Å². The maximum atomic E-state index is 13.9. The highest BCUT2D eigenvalue weighted by atomic mass is 35.5. The highest BCUT2D eigenvalue weighted by Crippen LogP contribution is 2.31. The molecule has 0 aliphatic heterocycles. The zero-order chi connectivity index (χ0) is 15.6. The quantitative estimate of drug-likeness (QED) is 0.851. The van der Waals surface area contributed by atoms with Gasteiger partial charge in [0.25, 0.3) is 0 Å². The van der Waals surface area contributed by atoms with E-state index in [9.17, 15) is 4.39 Å². The van der Waals surface area contributed by atoms with Gasteiger partial charge in [-0.3, -0.25) is 0 Å². The van der Waals surface area contributed by atoms with E-state index >= 15 is 0 Å². The number of nitrogens with zero attached hydrogens (tertiary/aromatic N) is 1. The van der Waals surface area contributed by atoms with E-state index in [4.69, 9.17) is 11.6 Å². The molecule has 0 saturated heterocycles. The van der Waals surface area contributed by atoms with Gasteiger partial charge in [0.05, 0.1) is 10.9 Å². The first kappa shape index (κ1) is 16.3. The molecule has 1 aromatic carbocycles. The minimum absolute atomic E-state index is 0.0875. The monoisotopic (exact) mass is 326 g/mol. The molecular formula is C16H20ClFN2S. The zero-order valence-electron chi connectivity index (χ0n) is 12.7. The van der Waals surface area contributed by atoms with Gasteiger partial charge in [-0.1, -0.05) is 11.6 Å². The van der Waals surface area contributed by atoms with Crippen molar-refractivity contribution in [3.63, 3.8) is 0 Å². The summed E-state index contributed by atoms with van der Waals surface area (Å²) < 4.78 is 14.7. The third kappa shape index (κ3) is 3.76. The van der Waals surface area contributed by atoms with Crippen LogP contribution in [-0.2, 0) is 6.54 Å². The Morgan fingerprint density at radius 3 is 2.67 bits per heavy atom. The van der Waals surface area contributed by atoms with E-state index in [1.54, 1.807) is 24.3 Å². The van der Waals surface area contributed by atoms with Gasteiger partial charge in [-0.15, -0.1) is 11.3 Å². The molecule has 0 aliphatic rings. The van der Waals surface area contributed by atoms with Crippen LogP contribution in [0.2, 0.25) is 4.34 Å². The van der Waals surface area contributed by atoms with Crippen molar-refractivity contribution in [3.8, 4) is 0 Å². The molecule has 5 heteroatoms. The molecule has 1 aromatic heterocycles. The average molecular weight is 327 g/mol. The molecule has 2 nitrogen and oxygen atoms in total. The van der Waals surface area contributed by atoms with Crippen LogP contribution < -0.4 is 10.2 Å². The molecule has 0 aliphatic carbocycles. The Bertz CT molecular complexity index is 627. The highest BCUT2D eigenvalue weighted by Gasteiger charge is 2.16. The predicted molar refractivity (Wildman–Crippen MR) is 90.0 cm³/mol. The summed E-state index contributed by atoms with van der Waals surface area (Å²) in [7, 11) is 3.90. The van der Waals surface area contributed by atoms with Crippen LogP contribution in [0.25, 0.3) is 0 Å². The Labute approximate surface area is 134 Å². The van der Waals surface area contributed by atoms with Crippen LogP contribution in [0.15, 0.2) is 24.3 Å². The minimum Gasteiger partial charge on any atom is -0.369 e. The number of rotatable bonds is 5. The molecular weight excluding hydrogens is 307 g/mol. The third-order valence-electron chi connectivity index (χ3n) is 3.64. The summed E-state index contributed by atoms with van der Waals surface area (Å²) in [6.45, 7) is 4.58. The number of hydrogen-bond acceptors (Lipinski definition) is 3. The smallest absolute Gasteiger partial charge is 0.126 e. The molecule has 2 aromatic rings. The van der Waals surface area contributed by atoms with Gasteiger partial charge in [0.15, 0.2) is 0 Å². The number of anilines is 1. The minimum atomic E-state index is -0.164. The third-order valence-corrected chi connectivity index (χ3v) is 4.86. The summed E-state index contributed by atoms with van der Waals surface area (Å²) in [5, 5.41) is 3.18. The summed E-state index contributed by atoms with van der Waals surface area (Å²) in [6.07, 6.45) is 0. The Kier molecular flexibility index (Phi) is 5.25. The summed E-state index contributed by atoms with van der Waals surface area (Å²) >= 11 is 7.55. The van der Waals surface area contributed by atoms with Crippen molar-refractivity contribution in [2.24, 2.45) is 0 Å². The van der Waals surface area contributed by atoms with Crippen molar-refractivity contribution in [1.29, 1.82) is 0 Å². The van der Waals surface area contributed by atoms with E-state index in [2.05, 4.69) is 10.2 Å². The fraction of sp³-hybridized carbons (Fsp3) is 0.375. The topological polar surface area (TPSA) is 15.3 Å². The van der Waals surface area contributed by atoms with Crippen LogP contribution in [0.1, 0.15) is 29.0 Å². The zero-order valence-corrected chi connectivity index (χ0v) is 14.3. The van der Waals surface area contributed by atoms with E-state index in [-0.39, 0.29) is 11.9 Å². The first-order chi connectivity index (χ1) is 9.92. The molecule has 0 spiro atoms. The van der Waals surface area contributed by atoms with Crippen molar-refractivity contribution < 1.29 is 4.39 Å². The molecule has 0 bridgehead atoms. The van der Waals surface area contributed by atoms with E-state index in [0.717, 1.165) is 22.1 Å². The van der Waals surface area contributed by atoms with Crippen LogP contribution in [0.5, 0.6) is 0 Å². The Hall–Kier alpha value is -1.10. The van der Waals surface area contributed by atoms with Crippen LogP contribution in [0.3, 0.4) is 0 Å². The molecule has 1 heterocycles. The summed E-state index contributed by atoms with van der Waals surface area (Å²) in [4.78, 5) is 3.32. The normalized spacial score (nSPS) is 12.5. The number of benzene rings is 1. The van der Waals surface area contributed by atoms with Crippen LogP contribution >= 0.6 is 22.9 Å². The molecule has 1 unspecified atom stereocenters. The van der Waals surface area contributed by atoms with Gasteiger partial charge < -0.3 is 10.2 Å². The van der Waals surface area contributed by atoms with Crippen molar-refractivity contribution in [1.82, 2.24) is 5.32 Å². The fourth-order valence-electron chi connectivity index (χ4n) is 2.27. The molecule has 2 rings (SSSR count). The summed E-state index contributed by atoms with van der Waals surface area (Å²) in [5.74, 6) is -0.164. The molecule has 21 heavy (non-hydrogen) atoms. The highest BCUT2D eigenvalue weighted by molar-refractivity contribution is 7.16. The predicted octanol–water partition coefficient (Wildman–Crippen LogP) is 4.77. The van der Waals surface area contributed by atoms with Gasteiger partial charge in [0.1, 0.15) is 5.82 Å². The second-order valence-corrected chi connectivity index (χ2v) is 7.03. The number of halogens is 2. The number of aryl methyl sites for hydroxylation is 1. The Morgan fingerprint density at radius 1 is 1.38 bits per heavy atom. The van der Waals surface area contributed by atoms with Gasteiger partial charge >= 0.3 is 0 Å². The molecule has 114 valence electrons. The lowest BCUT2D eigenvalue weighted by molar-refractivity contribution is 0.600. The average Bonchev–Trinajstić information content (AvgIpc) is 2.85. The lowest BCUT2D eigenvalue weighted by Gasteiger charge is -2.25. The van der Waals surface area contributed by atoms with Crippen LogP contribution in [-0.4, -0.2) is 14.1 Å². The fourth-order valence-corrected chi connectivity index (χ4v) is 3.41. The van der Waals surface area contributed by atoms with Crippen molar-refractivity contribution in [2.45, 2.75) is 26.4 Å². The summed E-state index contributed by atoms with van der Waals surface area (Å²) in [6, 6.07) is 7.56. The van der Waals surface area contributed by atoms with Gasteiger partial charge in [-0.05, 0) is 56.3 Å². The Morgan fingerprint density at radius 2 is 2.10 bits per heavy atom. The van der Waals surface area contributed by atoms with Crippen molar-refractivity contribution in [2.75, 3.05) is 19.0 Å². The maximum absolute atomic E-state index is 13.9. The van der Waals surface area contributed by atoms with E-state index in [1.165, 1.54) is 4.88 Å². The first-order valence-corrected chi connectivity index (χ1v) is 8.04. The van der Waals surface area contributed by atoms with Crippen LogP contribution in [0.4, 0.5) is 10.1 Å². The second kappa shape index (κ2) is 6.77. The first-order valence-electron chi connectivity index (χ1n) is 6.85. The van der Waals surface area contributed by atoms with E-state index in [0.29, 0.717) is 5.56 Å². The molecule has 0 saturated carbocycles. The lowest BCUT2D eigenvalue weighted by atomic mass is 10.0. The number of hydrogen-bond donors (Lipinski definition) is 1. The summed E-state index contributed by atoms with van der Waals surface area (Å²) in [5.41, 5.74) is 2.67. The van der Waals surface area contributed by atoms with Crippen molar-refractivity contribution >= 4 is 28.6 Å². The lowest BCUT2D eigenvalue weighted by Crippen LogP contribution is -2.21. The molecule has 0 amide bonds. The molecule has 1 N–H and O–H groups in total. The molecule has 0 fully saturated rings. The van der Waals surface area contributed by atoms with Crippen LogP contribution in [0, 0.1) is 12.7 Å². The van der Waals surface area contributed by atoms with Gasteiger partial charge in [-0.25, -0.2) is 4.39 Å². The number of thiophene rings is 1. The van der Waals surface area contributed by atoms with Crippen molar-refractivity contribution in [3.05, 3.63) is 50.4 Å². The standard InChI is InChI=1S/C16H20ClFN2S/c1-10-7-15(13(8-14(10)18)11(2)19-3)20(4)9-12-5-6-16(17)21-12/h5-8,11,19H,9H2,1-4H3. The second-order valence-electron chi connectivity index (χ2n) is 5.23. The molecule has 0 radical (unpaired) electrons. The molecule has 1 atom stereocenters. The maximum Gasteiger partial charge on any atom is 0.126 e. The van der Waals surface area contributed by atoms with E-state index < -0.39 is 0 Å². The SMILES string of the molecule is CNC(C)c1cc(F)c(C)cc1N(C)Cc1ccc(Cl)s1. The largest absolute Gasteiger partial charge is 0.369 e. The van der Waals surface area contributed by atoms with E-state index in [1.807, 2.05) is 39.2 Å². The van der Waals surface area contributed by atoms with Gasteiger partial charge in [-0.2, -0.15) is 0 Å². The number of nitrogens with one attached hydrogen (secondary N) is 1.